The lowest BCUT2D eigenvalue weighted by Gasteiger charge is -2.22. The molecule has 0 heterocycles. The number of nitrogens with zero attached hydrogens (tertiary/aromatic N) is 1. The summed E-state index contributed by atoms with van der Waals surface area (Å²) in [5.41, 5.74) is 0.574. The Morgan fingerprint density at radius 3 is 2.33 bits per heavy atom. The van der Waals surface area contributed by atoms with Crippen LogP contribution in [0.1, 0.15) is 0 Å². The van der Waals surface area contributed by atoms with E-state index in [1.54, 1.807) is 24.3 Å². The summed E-state index contributed by atoms with van der Waals surface area (Å²) in [7, 11) is -3.63. The molecule has 100 valence electrons. The highest BCUT2D eigenvalue weighted by Crippen LogP contribution is 2.17. The number of hydrogen-bond acceptors (Lipinski definition) is 4. The van der Waals surface area contributed by atoms with Crippen LogP contribution in [0.3, 0.4) is 0 Å². The largest absolute Gasteiger partial charge is 0.480 e. The van der Waals surface area contributed by atoms with Crippen LogP contribution in [-0.2, 0) is 14.8 Å². The molecule has 1 aromatic rings. The molecule has 0 unspecified atom stereocenters. The Labute approximate surface area is 110 Å². The minimum Gasteiger partial charge on any atom is -0.480 e. The molecule has 0 saturated carbocycles. The molecule has 6 nitrogen and oxygen atoms in total. The third-order valence-electron chi connectivity index (χ3n) is 2.16. The fraction of sp³-hybridized carbons (Fsp3) is 0.300. The number of halogens is 1. The van der Waals surface area contributed by atoms with Crippen LogP contribution in [0.15, 0.2) is 24.3 Å². The van der Waals surface area contributed by atoms with Crippen molar-refractivity contribution in [3.05, 3.63) is 29.3 Å². The summed E-state index contributed by atoms with van der Waals surface area (Å²) >= 11 is 5.72. The molecule has 0 amide bonds. The minimum atomic E-state index is -3.63. The molecule has 0 aromatic heterocycles. The summed E-state index contributed by atoms with van der Waals surface area (Å²) in [6, 6.07) is 6.44. The molecule has 1 rings (SSSR count). The summed E-state index contributed by atoms with van der Waals surface area (Å²) in [4.78, 5) is 12.1. The van der Waals surface area contributed by atoms with Gasteiger partial charge in [0, 0.05) is 17.3 Å². The van der Waals surface area contributed by atoms with Crippen molar-refractivity contribution in [2.75, 3.05) is 23.7 Å². The first-order valence-electron chi connectivity index (χ1n) is 5.01. The van der Waals surface area contributed by atoms with Crippen molar-refractivity contribution in [2.24, 2.45) is 5.14 Å². The van der Waals surface area contributed by atoms with E-state index in [9.17, 15) is 13.2 Å². The van der Waals surface area contributed by atoms with E-state index < -0.39 is 16.0 Å². The van der Waals surface area contributed by atoms with Crippen molar-refractivity contribution in [3.8, 4) is 0 Å². The van der Waals surface area contributed by atoms with Crippen molar-refractivity contribution < 1.29 is 18.3 Å². The Hall–Kier alpha value is -1.31. The van der Waals surface area contributed by atoms with Gasteiger partial charge in [-0.3, -0.25) is 4.79 Å². The monoisotopic (exact) mass is 292 g/mol. The van der Waals surface area contributed by atoms with Crippen LogP contribution >= 0.6 is 11.6 Å². The van der Waals surface area contributed by atoms with Gasteiger partial charge in [-0.25, -0.2) is 13.6 Å². The summed E-state index contributed by atoms with van der Waals surface area (Å²) in [5.74, 6) is -1.37. The van der Waals surface area contributed by atoms with Gasteiger partial charge in [0.2, 0.25) is 10.0 Å². The molecular formula is C10H13ClN2O4S. The normalized spacial score (nSPS) is 11.2. The van der Waals surface area contributed by atoms with Crippen LogP contribution in [0.4, 0.5) is 5.69 Å². The molecule has 0 aliphatic heterocycles. The third-order valence-corrected chi connectivity index (χ3v) is 3.17. The van der Waals surface area contributed by atoms with E-state index in [0.717, 1.165) is 0 Å². The molecule has 0 aliphatic carbocycles. The third kappa shape index (κ3) is 5.35. The number of benzene rings is 1. The lowest BCUT2D eigenvalue weighted by molar-refractivity contribution is -0.135. The predicted octanol–water partition coefficient (Wildman–Crippen LogP) is 0.520. The molecule has 18 heavy (non-hydrogen) atoms. The summed E-state index contributed by atoms with van der Waals surface area (Å²) in [5, 5.41) is 14.2. The van der Waals surface area contributed by atoms with Gasteiger partial charge in [-0.15, -0.1) is 0 Å². The second kappa shape index (κ2) is 6.03. The molecule has 0 atom stereocenters. The number of carbonyl (C=O) groups is 1. The van der Waals surface area contributed by atoms with Gasteiger partial charge in [0.05, 0.1) is 5.75 Å². The van der Waals surface area contributed by atoms with Crippen molar-refractivity contribution in [2.45, 2.75) is 0 Å². The van der Waals surface area contributed by atoms with Crippen LogP contribution in [0.5, 0.6) is 0 Å². The maximum Gasteiger partial charge on any atom is 0.323 e. The Bertz CT molecular complexity index is 515. The summed E-state index contributed by atoms with van der Waals surface area (Å²) in [6.45, 7) is -0.302. The standard InChI is InChI=1S/C10H13ClN2O4S/c11-8-1-3-9(4-2-8)13(7-10(14)15)5-6-18(12,16)17/h1-4H,5-7H2,(H,14,15)(H2,12,16,17). The fourth-order valence-corrected chi connectivity index (χ4v) is 1.95. The highest BCUT2D eigenvalue weighted by molar-refractivity contribution is 7.89. The first kappa shape index (κ1) is 14.7. The van der Waals surface area contributed by atoms with Crippen molar-refractivity contribution in [1.82, 2.24) is 0 Å². The maximum atomic E-state index is 10.9. The van der Waals surface area contributed by atoms with Gasteiger partial charge in [0.1, 0.15) is 6.54 Å². The van der Waals surface area contributed by atoms with Gasteiger partial charge in [0.25, 0.3) is 0 Å². The fourth-order valence-electron chi connectivity index (χ4n) is 1.35. The first-order chi connectivity index (χ1) is 8.28. The maximum absolute atomic E-state index is 10.9. The van der Waals surface area contributed by atoms with E-state index in [-0.39, 0.29) is 18.8 Å². The zero-order valence-electron chi connectivity index (χ0n) is 9.41. The molecule has 0 bridgehead atoms. The number of sulfonamides is 1. The molecule has 0 aliphatic rings. The molecule has 0 radical (unpaired) electrons. The van der Waals surface area contributed by atoms with E-state index in [1.165, 1.54) is 4.90 Å². The number of rotatable bonds is 6. The van der Waals surface area contributed by atoms with Gasteiger partial charge in [0.15, 0.2) is 0 Å². The quantitative estimate of drug-likeness (QED) is 0.796. The van der Waals surface area contributed by atoms with E-state index >= 15 is 0 Å². The van der Waals surface area contributed by atoms with Crippen LogP contribution in [-0.4, -0.2) is 38.3 Å². The predicted molar refractivity (Wildman–Crippen MR) is 69.3 cm³/mol. The molecule has 0 saturated heterocycles. The minimum absolute atomic E-state index is 0.00671. The molecule has 1 aromatic carbocycles. The van der Waals surface area contributed by atoms with E-state index in [4.69, 9.17) is 21.8 Å². The van der Waals surface area contributed by atoms with Gasteiger partial charge >= 0.3 is 5.97 Å². The number of carboxylic acids is 1. The van der Waals surface area contributed by atoms with E-state index in [0.29, 0.717) is 10.7 Å². The van der Waals surface area contributed by atoms with Crippen LogP contribution in [0.2, 0.25) is 5.02 Å². The Morgan fingerprint density at radius 1 is 1.33 bits per heavy atom. The van der Waals surface area contributed by atoms with Crippen LogP contribution < -0.4 is 10.0 Å². The molecule has 8 heteroatoms. The number of hydrogen-bond donors (Lipinski definition) is 2. The molecular weight excluding hydrogens is 280 g/mol. The topological polar surface area (TPSA) is 101 Å². The highest BCUT2D eigenvalue weighted by Gasteiger charge is 2.13. The van der Waals surface area contributed by atoms with Crippen molar-refractivity contribution in [1.29, 1.82) is 0 Å². The Kier molecular flexibility index (Phi) is 4.94. The second-order valence-electron chi connectivity index (χ2n) is 3.66. The SMILES string of the molecule is NS(=O)(=O)CCN(CC(=O)O)c1ccc(Cl)cc1. The van der Waals surface area contributed by atoms with Crippen LogP contribution in [0.25, 0.3) is 0 Å². The number of nitrogens with two attached hydrogens (primary N) is 1. The van der Waals surface area contributed by atoms with Gasteiger partial charge in [-0.1, -0.05) is 11.6 Å². The van der Waals surface area contributed by atoms with E-state index in [2.05, 4.69) is 0 Å². The Balaban J connectivity index is 2.84. The lowest BCUT2D eigenvalue weighted by atomic mass is 10.3. The average Bonchev–Trinajstić information content (AvgIpc) is 2.24. The highest BCUT2D eigenvalue weighted by atomic mass is 35.5. The zero-order chi connectivity index (χ0) is 13.8. The smallest absolute Gasteiger partial charge is 0.323 e. The van der Waals surface area contributed by atoms with E-state index in [1.807, 2.05) is 0 Å². The number of carboxylic acid groups (broad SMARTS) is 1. The zero-order valence-corrected chi connectivity index (χ0v) is 11.0. The van der Waals surface area contributed by atoms with Crippen molar-refractivity contribution >= 4 is 33.3 Å². The van der Waals surface area contributed by atoms with Crippen molar-refractivity contribution in [3.63, 3.8) is 0 Å². The summed E-state index contributed by atoms with van der Waals surface area (Å²) in [6.07, 6.45) is 0. The Morgan fingerprint density at radius 2 is 1.89 bits per heavy atom. The molecule has 3 N–H and O–H groups in total. The lowest BCUT2D eigenvalue weighted by Crippen LogP contribution is -2.35. The second-order valence-corrected chi connectivity index (χ2v) is 5.83. The van der Waals surface area contributed by atoms with Crippen LogP contribution in [0, 0.1) is 0 Å². The van der Waals surface area contributed by atoms with Gasteiger partial charge in [-0.2, -0.15) is 0 Å². The van der Waals surface area contributed by atoms with Gasteiger partial charge in [-0.05, 0) is 24.3 Å². The number of primary sulfonamides is 1. The summed E-state index contributed by atoms with van der Waals surface area (Å²) < 4.78 is 21.8. The number of aliphatic carboxylic acids is 1. The molecule has 0 spiro atoms. The average molecular weight is 293 g/mol. The molecule has 0 fully saturated rings. The number of anilines is 1. The van der Waals surface area contributed by atoms with Gasteiger partial charge < -0.3 is 10.0 Å². The first-order valence-corrected chi connectivity index (χ1v) is 7.10.